The number of rotatable bonds is 2. The number of fused-ring (bicyclic) bond motifs is 1. The summed E-state index contributed by atoms with van der Waals surface area (Å²) < 4.78 is 13.6. The monoisotopic (exact) mass is 270 g/mol. The molecule has 0 bridgehead atoms. The van der Waals surface area contributed by atoms with E-state index in [1.165, 1.54) is 12.1 Å². The van der Waals surface area contributed by atoms with Gasteiger partial charge in [0.25, 0.3) is 0 Å². The highest BCUT2D eigenvalue weighted by Crippen LogP contribution is 2.37. The van der Waals surface area contributed by atoms with Crippen molar-refractivity contribution in [3.8, 4) is 0 Å². The van der Waals surface area contributed by atoms with Crippen molar-refractivity contribution in [3.63, 3.8) is 0 Å². The van der Waals surface area contributed by atoms with Gasteiger partial charge in [-0.1, -0.05) is 12.1 Å². The number of anilines is 3. The minimum atomic E-state index is -0.388. The van der Waals surface area contributed by atoms with Crippen LogP contribution in [0.2, 0.25) is 0 Å². The lowest BCUT2D eigenvalue weighted by Crippen LogP contribution is -2.36. The number of benzene rings is 2. The van der Waals surface area contributed by atoms with Crippen LogP contribution in [0, 0.1) is 5.82 Å². The van der Waals surface area contributed by atoms with Crippen molar-refractivity contribution in [1.82, 2.24) is 0 Å². The molecule has 0 saturated heterocycles. The van der Waals surface area contributed by atoms with Crippen molar-refractivity contribution >= 4 is 23.3 Å². The Balaban J connectivity index is 2.10. The van der Waals surface area contributed by atoms with Crippen LogP contribution < -0.4 is 9.80 Å². The Labute approximate surface area is 117 Å². The summed E-state index contributed by atoms with van der Waals surface area (Å²) >= 11 is 0. The Morgan fingerprint density at radius 1 is 1.10 bits per heavy atom. The molecule has 0 aromatic heterocycles. The smallest absolute Gasteiger partial charge is 0.150 e. The topological polar surface area (TPSA) is 23.6 Å². The molecule has 0 aliphatic carbocycles. The van der Waals surface area contributed by atoms with E-state index in [-0.39, 0.29) is 5.82 Å². The number of nitrogens with zero attached hydrogens (tertiary/aromatic N) is 2. The Hall–Kier alpha value is -2.36. The normalized spacial score (nSPS) is 14.1. The highest BCUT2D eigenvalue weighted by atomic mass is 19.1. The molecule has 0 amide bonds. The summed E-state index contributed by atoms with van der Waals surface area (Å²) in [4.78, 5) is 15.1. The maximum atomic E-state index is 13.6. The van der Waals surface area contributed by atoms with Gasteiger partial charge >= 0.3 is 0 Å². The van der Waals surface area contributed by atoms with E-state index in [4.69, 9.17) is 0 Å². The van der Waals surface area contributed by atoms with Crippen LogP contribution in [0.15, 0.2) is 42.5 Å². The summed E-state index contributed by atoms with van der Waals surface area (Å²) in [7, 11) is 2.04. The fraction of sp³-hybridized carbons (Fsp3) is 0.188. The van der Waals surface area contributed by atoms with Gasteiger partial charge in [-0.3, -0.25) is 4.79 Å². The van der Waals surface area contributed by atoms with Crippen molar-refractivity contribution in [2.24, 2.45) is 0 Å². The molecule has 0 atom stereocenters. The van der Waals surface area contributed by atoms with Gasteiger partial charge in [0.15, 0.2) is 0 Å². The maximum absolute atomic E-state index is 13.6. The Kier molecular flexibility index (Phi) is 3.14. The van der Waals surface area contributed by atoms with Gasteiger partial charge in [-0.15, -0.1) is 0 Å². The van der Waals surface area contributed by atoms with Crippen molar-refractivity contribution in [3.05, 3.63) is 53.8 Å². The maximum Gasteiger partial charge on any atom is 0.150 e. The van der Waals surface area contributed by atoms with Gasteiger partial charge in [0.05, 0.1) is 11.4 Å². The van der Waals surface area contributed by atoms with Crippen molar-refractivity contribution in [1.29, 1.82) is 0 Å². The number of halogens is 1. The van der Waals surface area contributed by atoms with Gasteiger partial charge in [0.1, 0.15) is 12.1 Å². The van der Waals surface area contributed by atoms with Crippen LogP contribution in [-0.4, -0.2) is 26.4 Å². The van der Waals surface area contributed by atoms with E-state index < -0.39 is 0 Å². The zero-order valence-electron chi connectivity index (χ0n) is 11.2. The molecule has 0 saturated carbocycles. The number of hydrogen-bond donors (Lipinski definition) is 0. The van der Waals surface area contributed by atoms with Crippen molar-refractivity contribution in [2.75, 3.05) is 29.9 Å². The molecule has 4 heteroatoms. The standard InChI is InChI=1S/C16H15FN2O/c1-18-6-7-19(16-5-3-2-4-15(16)18)14-9-12(11-20)8-13(17)10-14/h2-5,8-11H,6-7H2,1H3. The first-order chi connectivity index (χ1) is 9.69. The van der Waals surface area contributed by atoms with E-state index in [2.05, 4.69) is 4.90 Å². The number of aldehydes is 1. The quantitative estimate of drug-likeness (QED) is 0.783. The second-order valence-corrected chi connectivity index (χ2v) is 4.92. The van der Waals surface area contributed by atoms with Gasteiger partial charge < -0.3 is 9.80 Å². The molecule has 20 heavy (non-hydrogen) atoms. The first kappa shape index (κ1) is 12.7. The fourth-order valence-electron chi connectivity index (χ4n) is 2.59. The van der Waals surface area contributed by atoms with Crippen molar-refractivity contribution < 1.29 is 9.18 Å². The molecule has 3 nitrogen and oxygen atoms in total. The lowest BCUT2D eigenvalue weighted by Gasteiger charge is -2.37. The van der Waals surface area contributed by atoms with Gasteiger partial charge in [0, 0.05) is 31.4 Å². The van der Waals surface area contributed by atoms with Crippen molar-refractivity contribution in [2.45, 2.75) is 0 Å². The Morgan fingerprint density at radius 2 is 1.85 bits per heavy atom. The molecular formula is C16H15FN2O. The average molecular weight is 270 g/mol. The Bertz CT molecular complexity index is 657. The predicted octanol–water partition coefficient (Wildman–Crippen LogP) is 3.23. The number of carbonyl (C=O) groups excluding carboxylic acids is 1. The largest absolute Gasteiger partial charge is 0.371 e. The van der Waals surface area contributed by atoms with E-state index in [0.717, 1.165) is 24.5 Å². The highest BCUT2D eigenvalue weighted by Gasteiger charge is 2.21. The summed E-state index contributed by atoms with van der Waals surface area (Å²) in [6.45, 7) is 1.61. The third-order valence-corrected chi connectivity index (χ3v) is 3.60. The predicted molar refractivity (Wildman–Crippen MR) is 78.5 cm³/mol. The summed E-state index contributed by atoms with van der Waals surface area (Å²) in [6.07, 6.45) is 0.675. The first-order valence-electron chi connectivity index (χ1n) is 6.52. The van der Waals surface area contributed by atoms with Crippen LogP contribution in [0.4, 0.5) is 21.5 Å². The second-order valence-electron chi connectivity index (χ2n) is 4.92. The lowest BCUT2D eigenvalue weighted by atomic mass is 10.1. The molecule has 1 aliphatic heterocycles. The van der Waals surface area contributed by atoms with Crippen LogP contribution in [-0.2, 0) is 0 Å². The van der Waals surface area contributed by atoms with Crippen LogP contribution in [0.5, 0.6) is 0 Å². The number of para-hydroxylation sites is 2. The SMILES string of the molecule is CN1CCN(c2cc(F)cc(C=O)c2)c2ccccc21. The molecule has 2 aromatic carbocycles. The number of carbonyl (C=O) groups is 1. The summed E-state index contributed by atoms with van der Waals surface area (Å²) in [5.74, 6) is -0.388. The number of hydrogen-bond acceptors (Lipinski definition) is 3. The minimum absolute atomic E-state index is 0.358. The van der Waals surface area contributed by atoms with E-state index in [0.29, 0.717) is 17.5 Å². The fourth-order valence-corrected chi connectivity index (χ4v) is 2.59. The second kappa shape index (κ2) is 4.96. The molecular weight excluding hydrogens is 255 g/mol. The molecule has 102 valence electrons. The minimum Gasteiger partial charge on any atom is -0.371 e. The highest BCUT2D eigenvalue weighted by molar-refractivity contribution is 5.82. The molecule has 1 heterocycles. The van der Waals surface area contributed by atoms with E-state index in [9.17, 15) is 9.18 Å². The molecule has 2 aromatic rings. The summed E-state index contributed by atoms with van der Waals surface area (Å²) in [6, 6.07) is 12.4. The van der Waals surface area contributed by atoms with Gasteiger partial charge in [-0.25, -0.2) is 4.39 Å². The van der Waals surface area contributed by atoms with E-state index >= 15 is 0 Å². The van der Waals surface area contributed by atoms with E-state index in [1.807, 2.05) is 36.2 Å². The zero-order chi connectivity index (χ0) is 14.1. The molecule has 0 unspecified atom stereocenters. The third kappa shape index (κ3) is 2.13. The van der Waals surface area contributed by atoms with Gasteiger partial charge in [-0.05, 0) is 30.3 Å². The van der Waals surface area contributed by atoms with Crippen LogP contribution in [0.25, 0.3) is 0 Å². The van der Waals surface area contributed by atoms with E-state index in [1.54, 1.807) is 6.07 Å². The zero-order valence-corrected chi connectivity index (χ0v) is 11.2. The van der Waals surface area contributed by atoms with Gasteiger partial charge in [0.2, 0.25) is 0 Å². The summed E-state index contributed by atoms with van der Waals surface area (Å²) in [5.41, 5.74) is 3.21. The Morgan fingerprint density at radius 3 is 2.60 bits per heavy atom. The van der Waals surface area contributed by atoms with Crippen LogP contribution in [0.1, 0.15) is 10.4 Å². The molecule has 0 fully saturated rings. The number of likely N-dealkylation sites (N-methyl/N-ethyl adjacent to an activating group) is 1. The van der Waals surface area contributed by atoms with Gasteiger partial charge in [-0.2, -0.15) is 0 Å². The molecule has 0 radical (unpaired) electrons. The average Bonchev–Trinajstić information content (AvgIpc) is 2.47. The van der Waals surface area contributed by atoms with Crippen LogP contribution in [0.3, 0.4) is 0 Å². The molecule has 0 spiro atoms. The lowest BCUT2D eigenvalue weighted by molar-refractivity contribution is 0.112. The third-order valence-electron chi connectivity index (χ3n) is 3.60. The molecule has 1 aliphatic rings. The first-order valence-corrected chi connectivity index (χ1v) is 6.52. The van der Waals surface area contributed by atoms with Crippen LogP contribution >= 0.6 is 0 Å². The summed E-state index contributed by atoms with van der Waals surface area (Å²) in [5, 5.41) is 0. The molecule has 0 N–H and O–H groups in total. The molecule has 3 rings (SSSR count).